The van der Waals surface area contributed by atoms with Crippen LogP contribution in [0.3, 0.4) is 0 Å². The number of benzene rings is 1. The van der Waals surface area contributed by atoms with Gasteiger partial charge in [0.25, 0.3) is 5.91 Å². The fourth-order valence-corrected chi connectivity index (χ4v) is 2.27. The second-order valence-corrected chi connectivity index (χ2v) is 5.38. The number of aliphatic hydroxyl groups excluding tert-OH is 1. The minimum Gasteiger partial charge on any atom is -0.406 e. The molecule has 0 radical (unpaired) electrons. The minimum absolute atomic E-state index is 0.0566. The maximum absolute atomic E-state index is 12.2. The molecule has 1 aromatic carbocycles. The van der Waals surface area contributed by atoms with Crippen molar-refractivity contribution in [2.45, 2.75) is 27.1 Å². The highest BCUT2D eigenvalue weighted by Crippen LogP contribution is 2.26. The molecule has 0 saturated heterocycles. The monoisotopic (exact) mass is 412 g/mol. The maximum Gasteiger partial charge on any atom is 0.573 e. The average Bonchev–Trinajstić information content (AvgIpc) is 2.67. The highest BCUT2D eigenvalue weighted by Gasteiger charge is 2.31. The van der Waals surface area contributed by atoms with Crippen LogP contribution in [0.25, 0.3) is 0 Å². The first-order valence-corrected chi connectivity index (χ1v) is 8.77. The number of ether oxygens (including phenoxy) is 1. The summed E-state index contributed by atoms with van der Waals surface area (Å²) in [6, 6.07) is 6.40. The lowest BCUT2D eigenvalue weighted by Crippen LogP contribution is -2.28. The van der Waals surface area contributed by atoms with Gasteiger partial charge in [-0.2, -0.15) is 0 Å². The van der Waals surface area contributed by atoms with Crippen LogP contribution in [-0.2, 0) is 0 Å². The summed E-state index contributed by atoms with van der Waals surface area (Å²) in [7, 11) is 0. The van der Waals surface area contributed by atoms with Crippen molar-refractivity contribution in [2.75, 3.05) is 18.5 Å². The molecule has 0 bridgehead atoms. The molecular formula is C19H23F3N4O3. The van der Waals surface area contributed by atoms with Crippen molar-refractivity contribution in [1.29, 1.82) is 5.41 Å². The fourth-order valence-electron chi connectivity index (χ4n) is 2.27. The number of nitrogens with zero attached hydrogens (tertiary/aromatic N) is 1. The molecule has 29 heavy (non-hydrogen) atoms. The summed E-state index contributed by atoms with van der Waals surface area (Å²) in [5.41, 5.74) is 0.887. The Hall–Kier alpha value is -3.14. The van der Waals surface area contributed by atoms with E-state index in [1.807, 2.05) is 13.8 Å². The van der Waals surface area contributed by atoms with Gasteiger partial charge in [-0.25, -0.2) is 4.98 Å². The van der Waals surface area contributed by atoms with Crippen LogP contribution in [-0.4, -0.2) is 41.2 Å². The van der Waals surface area contributed by atoms with Crippen molar-refractivity contribution in [1.82, 2.24) is 10.3 Å². The zero-order valence-corrected chi connectivity index (χ0v) is 16.2. The molecule has 1 aromatic heterocycles. The first kappa shape index (κ1) is 23.9. The van der Waals surface area contributed by atoms with Crippen molar-refractivity contribution >= 4 is 23.1 Å². The van der Waals surface area contributed by atoms with Gasteiger partial charge in [-0.1, -0.05) is 13.8 Å². The van der Waals surface area contributed by atoms with Crippen molar-refractivity contribution in [2.24, 2.45) is 0 Å². The lowest BCUT2D eigenvalue weighted by molar-refractivity contribution is -0.274. The number of aromatic nitrogens is 1. The molecule has 0 spiro atoms. The Labute approximate surface area is 166 Å². The molecule has 1 amide bonds. The van der Waals surface area contributed by atoms with E-state index in [1.54, 1.807) is 0 Å². The van der Waals surface area contributed by atoms with Crippen LogP contribution in [0.15, 0.2) is 36.5 Å². The molecule has 1 heterocycles. The summed E-state index contributed by atoms with van der Waals surface area (Å²) in [5, 5.41) is 22.1. The van der Waals surface area contributed by atoms with Crippen LogP contribution in [0.4, 0.5) is 24.7 Å². The Morgan fingerprint density at radius 3 is 2.34 bits per heavy atom. The van der Waals surface area contributed by atoms with E-state index in [-0.39, 0.29) is 41.6 Å². The molecule has 10 heteroatoms. The third-order valence-corrected chi connectivity index (χ3v) is 3.32. The number of hydrogen-bond donors (Lipinski definition) is 4. The fraction of sp³-hybridized carbons (Fsp3) is 0.316. The molecule has 0 aliphatic rings. The number of carbonyl (C=O) groups excluding carboxylic acids is 1. The zero-order chi connectivity index (χ0) is 22.0. The molecule has 2 rings (SSSR count). The number of pyridine rings is 1. The number of nitrogens with one attached hydrogen (secondary N) is 3. The van der Waals surface area contributed by atoms with E-state index in [4.69, 9.17) is 10.5 Å². The van der Waals surface area contributed by atoms with Gasteiger partial charge in [0, 0.05) is 24.1 Å². The number of rotatable bonds is 7. The van der Waals surface area contributed by atoms with Crippen molar-refractivity contribution in [3.63, 3.8) is 0 Å². The molecule has 0 saturated carbocycles. The second-order valence-electron chi connectivity index (χ2n) is 5.38. The van der Waals surface area contributed by atoms with Gasteiger partial charge in [0.15, 0.2) is 0 Å². The third kappa shape index (κ3) is 7.41. The molecule has 0 atom stereocenters. The van der Waals surface area contributed by atoms with Gasteiger partial charge >= 0.3 is 6.36 Å². The summed E-state index contributed by atoms with van der Waals surface area (Å²) < 4.78 is 40.4. The number of halogens is 3. The summed E-state index contributed by atoms with van der Waals surface area (Å²) in [4.78, 5) is 16.3. The number of alkyl halides is 3. The molecule has 0 aliphatic heterocycles. The van der Waals surface area contributed by atoms with Crippen molar-refractivity contribution < 1.29 is 27.8 Å². The Kier molecular flexibility index (Phi) is 9.07. The molecule has 158 valence electrons. The minimum atomic E-state index is -4.78. The normalized spacial score (nSPS) is 10.4. The summed E-state index contributed by atoms with van der Waals surface area (Å²) in [5.74, 6) is -0.657. The number of hydrogen-bond acceptors (Lipinski definition) is 6. The van der Waals surface area contributed by atoms with Gasteiger partial charge in [0.1, 0.15) is 11.6 Å². The predicted molar refractivity (Wildman–Crippen MR) is 104 cm³/mol. The standard InChI is InChI=1S/C17H17F3N4O3.C2H6/c1-10(21)14-13(16(26)23-8-9-25)6-7-22-15(14)24-11-2-4-12(5-3-11)27-17(18,19)20;1-2/h2-7,21,25H,8-9H2,1H3,(H,22,24)(H,23,26);1-2H3. The van der Waals surface area contributed by atoms with E-state index in [2.05, 4.69) is 20.4 Å². The van der Waals surface area contributed by atoms with E-state index >= 15 is 0 Å². The number of carbonyl (C=O) groups is 1. The van der Waals surface area contributed by atoms with E-state index in [9.17, 15) is 18.0 Å². The summed E-state index contributed by atoms with van der Waals surface area (Å²) in [6.07, 6.45) is -3.42. The number of amides is 1. The first-order valence-electron chi connectivity index (χ1n) is 8.77. The van der Waals surface area contributed by atoms with E-state index in [0.717, 1.165) is 12.1 Å². The number of anilines is 2. The Balaban J connectivity index is 0.00000204. The molecular weight excluding hydrogens is 389 g/mol. The van der Waals surface area contributed by atoms with E-state index in [0.29, 0.717) is 5.69 Å². The van der Waals surface area contributed by atoms with Gasteiger partial charge in [-0.3, -0.25) is 4.79 Å². The van der Waals surface area contributed by atoms with Crippen LogP contribution in [0.2, 0.25) is 0 Å². The Bertz CT molecular complexity index is 824. The van der Waals surface area contributed by atoms with Crippen LogP contribution >= 0.6 is 0 Å². The van der Waals surface area contributed by atoms with E-state index in [1.165, 1.54) is 31.3 Å². The van der Waals surface area contributed by atoms with Gasteiger partial charge in [0.2, 0.25) is 0 Å². The highest BCUT2D eigenvalue weighted by atomic mass is 19.4. The molecule has 7 nitrogen and oxygen atoms in total. The lowest BCUT2D eigenvalue weighted by Gasteiger charge is -2.15. The number of aliphatic hydroxyl groups is 1. The van der Waals surface area contributed by atoms with Crippen LogP contribution < -0.4 is 15.4 Å². The van der Waals surface area contributed by atoms with Crippen molar-refractivity contribution in [3.05, 3.63) is 47.7 Å². The average molecular weight is 412 g/mol. The smallest absolute Gasteiger partial charge is 0.406 e. The molecule has 0 unspecified atom stereocenters. The van der Waals surface area contributed by atoms with Crippen LogP contribution in [0.1, 0.15) is 36.7 Å². The van der Waals surface area contributed by atoms with Gasteiger partial charge < -0.3 is 25.9 Å². The largest absolute Gasteiger partial charge is 0.573 e. The Morgan fingerprint density at radius 1 is 1.21 bits per heavy atom. The predicted octanol–water partition coefficient (Wildman–Crippen LogP) is 3.86. The third-order valence-electron chi connectivity index (χ3n) is 3.32. The molecule has 0 aliphatic carbocycles. The van der Waals surface area contributed by atoms with Crippen LogP contribution in [0.5, 0.6) is 5.75 Å². The van der Waals surface area contributed by atoms with Gasteiger partial charge in [0.05, 0.1) is 17.7 Å². The molecule has 0 fully saturated rings. The van der Waals surface area contributed by atoms with Gasteiger partial charge in [-0.05, 0) is 37.3 Å². The summed E-state index contributed by atoms with van der Waals surface area (Å²) >= 11 is 0. The first-order chi connectivity index (χ1) is 13.7. The molecule has 2 aromatic rings. The lowest BCUT2D eigenvalue weighted by atomic mass is 10.0. The topological polar surface area (TPSA) is 107 Å². The second kappa shape index (κ2) is 11.0. The van der Waals surface area contributed by atoms with E-state index < -0.39 is 12.3 Å². The van der Waals surface area contributed by atoms with Crippen molar-refractivity contribution in [3.8, 4) is 5.75 Å². The quantitative estimate of drug-likeness (QED) is 0.517. The zero-order valence-electron chi connectivity index (χ0n) is 16.2. The van der Waals surface area contributed by atoms with Crippen LogP contribution in [0, 0.1) is 5.41 Å². The SMILES string of the molecule is CC.CC(=N)c1c(C(=O)NCCO)ccnc1Nc1ccc(OC(F)(F)F)cc1. The van der Waals surface area contributed by atoms with Gasteiger partial charge in [-0.15, -0.1) is 13.2 Å². The summed E-state index contributed by atoms with van der Waals surface area (Å²) in [6.45, 7) is 5.31. The Morgan fingerprint density at radius 2 is 1.83 bits per heavy atom. The highest BCUT2D eigenvalue weighted by molar-refractivity contribution is 6.11. The molecule has 4 N–H and O–H groups in total. The maximum atomic E-state index is 12.2.